The number of carbonyl (C=O) groups excluding carboxylic acids is 1. The molecular weight excluding hydrogens is 274 g/mol. The molecule has 0 aliphatic heterocycles. The van der Waals surface area contributed by atoms with E-state index in [-0.39, 0.29) is 5.91 Å². The molecule has 118 valence electrons. The van der Waals surface area contributed by atoms with Crippen molar-refractivity contribution in [3.63, 3.8) is 0 Å². The average molecular weight is 299 g/mol. The van der Waals surface area contributed by atoms with E-state index < -0.39 is 0 Å². The van der Waals surface area contributed by atoms with Crippen LogP contribution in [0.15, 0.2) is 36.5 Å². The summed E-state index contributed by atoms with van der Waals surface area (Å²) in [5.74, 6) is 0.573. The molecule has 1 aromatic carbocycles. The zero-order valence-electron chi connectivity index (χ0n) is 13.7. The summed E-state index contributed by atoms with van der Waals surface area (Å²) in [5.41, 5.74) is 2.88. The molecule has 4 heteroatoms. The highest BCUT2D eigenvalue weighted by atomic mass is 16.1. The van der Waals surface area contributed by atoms with E-state index in [0.717, 1.165) is 18.5 Å². The lowest BCUT2D eigenvalue weighted by Gasteiger charge is -2.09. The molecule has 0 bridgehead atoms. The molecule has 22 heavy (non-hydrogen) atoms. The number of rotatable bonds is 7. The smallest absolute Gasteiger partial charge is 0.254 e. The van der Waals surface area contributed by atoms with E-state index in [1.165, 1.54) is 5.56 Å². The predicted molar refractivity (Wildman–Crippen MR) is 88.9 cm³/mol. The summed E-state index contributed by atoms with van der Waals surface area (Å²) in [6, 6.07) is 10.2. The first-order valence-corrected chi connectivity index (χ1v) is 7.98. The Morgan fingerprint density at radius 2 is 2.00 bits per heavy atom. The number of carbonyl (C=O) groups is 1. The Labute approximate surface area is 132 Å². The van der Waals surface area contributed by atoms with Gasteiger partial charge in [-0.15, -0.1) is 0 Å². The molecule has 0 spiro atoms. The van der Waals surface area contributed by atoms with E-state index >= 15 is 0 Å². The van der Waals surface area contributed by atoms with Crippen molar-refractivity contribution in [1.82, 2.24) is 15.1 Å². The van der Waals surface area contributed by atoms with Gasteiger partial charge in [0, 0.05) is 6.54 Å². The van der Waals surface area contributed by atoms with Crippen molar-refractivity contribution in [2.45, 2.75) is 40.2 Å². The molecule has 0 aliphatic rings. The van der Waals surface area contributed by atoms with Gasteiger partial charge in [0.05, 0.1) is 24.0 Å². The predicted octanol–water partition coefficient (Wildman–Crippen LogP) is 3.27. The molecule has 1 aromatic heterocycles. The normalized spacial score (nSPS) is 10.9. The molecular formula is C18H25N3O. The van der Waals surface area contributed by atoms with E-state index in [0.29, 0.717) is 24.6 Å². The van der Waals surface area contributed by atoms with Gasteiger partial charge in [0.25, 0.3) is 5.91 Å². The monoisotopic (exact) mass is 299 g/mol. The van der Waals surface area contributed by atoms with E-state index in [9.17, 15) is 4.79 Å². The molecule has 4 nitrogen and oxygen atoms in total. The lowest BCUT2D eigenvalue weighted by molar-refractivity contribution is 0.0951. The van der Waals surface area contributed by atoms with Gasteiger partial charge >= 0.3 is 0 Å². The fraction of sp³-hybridized carbons (Fsp3) is 0.444. The standard InChI is InChI=1S/C18H25N3O/c1-4-17-16(18(22)19-11-10-14(2)3)12-20-21(17)13-15-8-6-5-7-9-15/h5-9,12,14H,4,10-11,13H2,1-3H3,(H,19,22). The molecule has 0 saturated carbocycles. The second-order valence-electron chi connectivity index (χ2n) is 5.94. The Kier molecular flexibility index (Phi) is 5.75. The van der Waals surface area contributed by atoms with Gasteiger partial charge < -0.3 is 5.32 Å². The number of benzene rings is 1. The number of hydrogen-bond acceptors (Lipinski definition) is 2. The molecule has 0 atom stereocenters. The SMILES string of the molecule is CCc1c(C(=O)NCCC(C)C)cnn1Cc1ccccc1. The maximum atomic E-state index is 12.3. The summed E-state index contributed by atoms with van der Waals surface area (Å²) in [7, 11) is 0. The first kappa shape index (κ1) is 16.3. The highest BCUT2D eigenvalue weighted by Crippen LogP contribution is 2.12. The van der Waals surface area contributed by atoms with E-state index in [4.69, 9.17) is 0 Å². The molecule has 1 N–H and O–H groups in total. The minimum Gasteiger partial charge on any atom is -0.352 e. The van der Waals surface area contributed by atoms with Gasteiger partial charge in [0.1, 0.15) is 0 Å². The summed E-state index contributed by atoms with van der Waals surface area (Å²) >= 11 is 0. The average Bonchev–Trinajstić information content (AvgIpc) is 2.90. The van der Waals surface area contributed by atoms with Gasteiger partial charge in [0.15, 0.2) is 0 Å². The van der Waals surface area contributed by atoms with Crippen molar-refractivity contribution in [2.75, 3.05) is 6.54 Å². The quantitative estimate of drug-likeness (QED) is 0.853. The van der Waals surface area contributed by atoms with Gasteiger partial charge in [-0.25, -0.2) is 0 Å². The number of amides is 1. The summed E-state index contributed by atoms with van der Waals surface area (Å²) in [4.78, 5) is 12.3. The maximum Gasteiger partial charge on any atom is 0.254 e. The lowest BCUT2D eigenvalue weighted by Crippen LogP contribution is -2.26. The maximum absolute atomic E-state index is 12.3. The largest absolute Gasteiger partial charge is 0.352 e. The van der Waals surface area contributed by atoms with E-state index in [1.807, 2.05) is 22.9 Å². The zero-order chi connectivity index (χ0) is 15.9. The molecule has 2 aromatic rings. The third kappa shape index (κ3) is 4.20. The van der Waals surface area contributed by atoms with E-state index in [1.54, 1.807) is 6.20 Å². The van der Waals surface area contributed by atoms with Crippen LogP contribution in [0.1, 0.15) is 48.8 Å². The van der Waals surface area contributed by atoms with Crippen LogP contribution in [0, 0.1) is 5.92 Å². The van der Waals surface area contributed by atoms with Crippen molar-refractivity contribution < 1.29 is 4.79 Å². The Bertz CT molecular complexity index is 602. The molecule has 1 heterocycles. The number of aromatic nitrogens is 2. The minimum atomic E-state index is -0.0168. The third-order valence-corrected chi connectivity index (χ3v) is 3.71. The zero-order valence-corrected chi connectivity index (χ0v) is 13.7. The molecule has 0 saturated heterocycles. The number of hydrogen-bond donors (Lipinski definition) is 1. The van der Waals surface area contributed by atoms with Crippen LogP contribution < -0.4 is 5.32 Å². The molecule has 0 unspecified atom stereocenters. The van der Waals surface area contributed by atoms with Crippen LogP contribution in [0.4, 0.5) is 0 Å². The first-order valence-electron chi connectivity index (χ1n) is 7.98. The van der Waals surface area contributed by atoms with Gasteiger partial charge in [-0.3, -0.25) is 9.48 Å². The van der Waals surface area contributed by atoms with Crippen molar-refractivity contribution in [2.24, 2.45) is 5.92 Å². The van der Waals surface area contributed by atoms with Gasteiger partial charge in [-0.2, -0.15) is 5.10 Å². The van der Waals surface area contributed by atoms with Crippen LogP contribution in [-0.4, -0.2) is 22.2 Å². The molecule has 0 radical (unpaired) electrons. The van der Waals surface area contributed by atoms with Crippen LogP contribution in [0.25, 0.3) is 0 Å². The van der Waals surface area contributed by atoms with Crippen molar-refractivity contribution >= 4 is 5.91 Å². The van der Waals surface area contributed by atoms with Crippen molar-refractivity contribution in [3.8, 4) is 0 Å². The summed E-state index contributed by atoms with van der Waals surface area (Å²) in [6.07, 6.45) is 3.47. The summed E-state index contributed by atoms with van der Waals surface area (Å²) in [5, 5.41) is 7.39. The molecule has 2 rings (SSSR count). The van der Waals surface area contributed by atoms with Gasteiger partial charge in [0.2, 0.25) is 0 Å². The summed E-state index contributed by atoms with van der Waals surface area (Å²) in [6.45, 7) is 7.78. The van der Waals surface area contributed by atoms with Crippen LogP contribution in [0.3, 0.4) is 0 Å². The topological polar surface area (TPSA) is 46.9 Å². The number of nitrogens with one attached hydrogen (secondary N) is 1. The molecule has 0 fully saturated rings. The first-order chi connectivity index (χ1) is 10.6. The van der Waals surface area contributed by atoms with Gasteiger partial charge in [-0.05, 0) is 24.3 Å². The fourth-order valence-electron chi connectivity index (χ4n) is 2.44. The third-order valence-electron chi connectivity index (χ3n) is 3.71. The lowest BCUT2D eigenvalue weighted by atomic mass is 10.1. The van der Waals surface area contributed by atoms with Crippen LogP contribution in [-0.2, 0) is 13.0 Å². The second kappa shape index (κ2) is 7.78. The highest BCUT2D eigenvalue weighted by Gasteiger charge is 2.16. The fourth-order valence-corrected chi connectivity index (χ4v) is 2.44. The Balaban J connectivity index is 2.08. The van der Waals surface area contributed by atoms with Crippen LogP contribution >= 0.6 is 0 Å². The second-order valence-corrected chi connectivity index (χ2v) is 5.94. The van der Waals surface area contributed by atoms with Crippen LogP contribution in [0.5, 0.6) is 0 Å². The molecule has 0 aliphatic carbocycles. The number of nitrogens with zero attached hydrogens (tertiary/aromatic N) is 2. The van der Waals surface area contributed by atoms with Crippen LogP contribution in [0.2, 0.25) is 0 Å². The van der Waals surface area contributed by atoms with Gasteiger partial charge in [-0.1, -0.05) is 51.1 Å². The minimum absolute atomic E-state index is 0.0168. The molecule has 1 amide bonds. The summed E-state index contributed by atoms with van der Waals surface area (Å²) < 4.78 is 1.92. The highest BCUT2D eigenvalue weighted by molar-refractivity contribution is 5.95. The van der Waals surface area contributed by atoms with Crippen molar-refractivity contribution in [1.29, 1.82) is 0 Å². The van der Waals surface area contributed by atoms with Crippen molar-refractivity contribution in [3.05, 3.63) is 53.3 Å². The Hall–Kier alpha value is -2.10. The van der Waals surface area contributed by atoms with E-state index in [2.05, 4.69) is 43.3 Å². The Morgan fingerprint density at radius 3 is 2.64 bits per heavy atom. The Morgan fingerprint density at radius 1 is 1.27 bits per heavy atom.